The number of carboxylic acids is 1. The molecule has 0 amide bonds. The Hall–Kier alpha value is -3.60. The van der Waals surface area contributed by atoms with Gasteiger partial charge in [-0.3, -0.25) is 23.4 Å². The van der Waals surface area contributed by atoms with E-state index in [2.05, 4.69) is 116 Å². The molecule has 0 saturated carbocycles. The Labute approximate surface area is 349 Å². The fraction of sp³-hybridized carbons (Fsp3) is 0.587. The van der Waals surface area contributed by atoms with E-state index in [4.69, 9.17) is 24.8 Å². The minimum atomic E-state index is -4.74. The zero-order valence-electron chi connectivity index (χ0n) is 35.3. The topological polar surface area (TPSA) is 172 Å². The summed E-state index contributed by atoms with van der Waals surface area (Å²) in [6, 6.07) is -1.54. The van der Waals surface area contributed by atoms with Crippen LogP contribution in [0.25, 0.3) is 0 Å². The lowest BCUT2D eigenvalue weighted by molar-refractivity contribution is -0.161. The predicted molar refractivity (Wildman–Crippen MR) is 235 cm³/mol. The highest BCUT2D eigenvalue weighted by Crippen LogP contribution is 2.43. The standard InChI is InChI=1S/C46H74NO10P/c1-3-5-7-9-11-13-15-17-19-20-21-22-24-25-27-29-31-33-35-37-44(48)54-39-42(40-55-58(52,53)56-41-43(47)46(50)51)57-45(49)38-36-34-32-30-28-26-23-18-16-14-12-10-8-6-4-2/h6,8,11-14,17-19,21-23,25,27-28,30,42-43H,3-5,7,9-10,15-16,20,24,26,29,31-41,47H2,1-2H3,(H,50,51)(H,52,53)/b8-6+,13-11+,14-12+,19-17+,22-21+,23-18+,27-25+,30-28+/t42-,43+/m1/s1. The summed E-state index contributed by atoms with van der Waals surface area (Å²) in [6.45, 7) is 2.56. The fourth-order valence-corrected chi connectivity index (χ4v) is 5.76. The molecule has 0 saturated heterocycles. The quantitative estimate of drug-likeness (QED) is 0.0234. The SMILES string of the molecule is CC/C=C/C/C=C/C/C=C/C/C=C/CCCCC(=O)O[C@H](COC(=O)CCCCC/C=C/C/C=C/C/C=C/C/C=C/CCCCC)COP(=O)(O)OC[C@H](N)C(=O)O. The molecule has 0 aliphatic heterocycles. The van der Waals surface area contributed by atoms with Gasteiger partial charge in [-0.05, 0) is 96.3 Å². The van der Waals surface area contributed by atoms with E-state index in [0.29, 0.717) is 12.8 Å². The Kier molecular flexibility index (Phi) is 37.7. The van der Waals surface area contributed by atoms with E-state index < -0.39 is 51.1 Å². The summed E-state index contributed by atoms with van der Waals surface area (Å²) in [5.74, 6) is -2.49. The smallest absolute Gasteiger partial charge is 0.472 e. The lowest BCUT2D eigenvalue weighted by atomic mass is 10.1. The molecular weight excluding hydrogens is 757 g/mol. The number of nitrogens with two attached hydrogens (primary N) is 1. The third-order valence-corrected chi connectivity index (χ3v) is 9.27. The number of carbonyl (C=O) groups excluding carboxylic acids is 2. The van der Waals surface area contributed by atoms with E-state index in [0.717, 1.165) is 77.0 Å². The first-order valence-corrected chi connectivity index (χ1v) is 22.8. The zero-order valence-corrected chi connectivity index (χ0v) is 36.2. The number of esters is 2. The summed E-state index contributed by atoms with van der Waals surface area (Å²) in [5, 5.41) is 8.88. The molecule has 328 valence electrons. The lowest BCUT2D eigenvalue weighted by Crippen LogP contribution is -2.34. The van der Waals surface area contributed by atoms with Gasteiger partial charge in [-0.1, -0.05) is 130 Å². The Bertz CT molecular complexity index is 1350. The van der Waals surface area contributed by atoms with Crippen molar-refractivity contribution in [2.75, 3.05) is 19.8 Å². The Morgan fingerprint density at radius 3 is 1.45 bits per heavy atom. The number of phosphoric acid groups is 1. The molecule has 58 heavy (non-hydrogen) atoms. The third kappa shape index (κ3) is 39.2. The van der Waals surface area contributed by atoms with E-state index in [1.54, 1.807) is 0 Å². The van der Waals surface area contributed by atoms with Gasteiger partial charge < -0.3 is 25.2 Å². The van der Waals surface area contributed by atoms with Crippen molar-refractivity contribution in [3.63, 3.8) is 0 Å². The second-order valence-electron chi connectivity index (χ2n) is 13.7. The number of phosphoric ester groups is 1. The predicted octanol–water partition coefficient (Wildman–Crippen LogP) is 11.3. The summed E-state index contributed by atoms with van der Waals surface area (Å²) in [5.41, 5.74) is 5.32. The van der Waals surface area contributed by atoms with Crippen molar-refractivity contribution in [3.05, 3.63) is 97.2 Å². The highest BCUT2D eigenvalue weighted by Gasteiger charge is 2.28. The van der Waals surface area contributed by atoms with E-state index in [9.17, 15) is 23.8 Å². The van der Waals surface area contributed by atoms with Crippen LogP contribution < -0.4 is 5.73 Å². The molecule has 12 heteroatoms. The molecule has 0 aliphatic rings. The van der Waals surface area contributed by atoms with E-state index >= 15 is 0 Å². The first-order chi connectivity index (χ1) is 28.1. The van der Waals surface area contributed by atoms with Crippen molar-refractivity contribution < 1.29 is 47.5 Å². The molecule has 0 aromatic heterocycles. The van der Waals surface area contributed by atoms with E-state index in [1.165, 1.54) is 25.7 Å². The molecule has 4 N–H and O–H groups in total. The van der Waals surface area contributed by atoms with Crippen LogP contribution in [0, 0.1) is 0 Å². The minimum Gasteiger partial charge on any atom is -0.480 e. The zero-order chi connectivity index (χ0) is 42.8. The van der Waals surface area contributed by atoms with Crippen LogP contribution in [-0.4, -0.2) is 59.9 Å². The van der Waals surface area contributed by atoms with Gasteiger partial charge in [-0.25, -0.2) is 4.57 Å². The highest BCUT2D eigenvalue weighted by molar-refractivity contribution is 7.47. The van der Waals surface area contributed by atoms with Crippen molar-refractivity contribution in [2.45, 2.75) is 154 Å². The van der Waals surface area contributed by atoms with Crippen molar-refractivity contribution >= 4 is 25.7 Å². The number of carboxylic acid groups (broad SMARTS) is 1. The minimum absolute atomic E-state index is 0.0954. The van der Waals surface area contributed by atoms with Crippen LogP contribution in [0.1, 0.15) is 142 Å². The average Bonchev–Trinajstić information content (AvgIpc) is 3.20. The van der Waals surface area contributed by atoms with Crippen molar-refractivity contribution in [3.8, 4) is 0 Å². The first kappa shape index (κ1) is 54.4. The van der Waals surface area contributed by atoms with Crippen LogP contribution in [0.5, 0.6) is 0 Å². The van der Waals surface area contributed by atoms with Gasteiger partial charge >= 0.3 is 25.7 Å². The molecule has 3 atom stereocenters. The average molecular weight is 832 g/mol. The number of aliphatic carboxylic acids is 1. The Morgan fingerprint density at radius 1 is 0.552 bits per heavy atom. The van der Waals surface area contributed by atoms with Gasteiger partial charge in [0.1, 0.15) is 12.6 Å². The summed E-state index contributed by atoms with van der Waals surface area (Å²) >= 11 is 0. The molecule has 0 rings (SSSR count). The summed E-state index contributed by atoms with van der Waals surface area (Å²) in [6.07, 6.45) is 50.5. The maximum absolute atomic E-state index is 12.6. The van der Waals surface area contributed by atoms with Gasteiger partial charge in [0, 0.05) is 12.8 Å². The number of hydrogen-bond acceptors (Lipinski definition) is 9. The van der Waals surface area contributed by atoms with Crippen LogP contribution in [-0.2, 0) is 37.5 Å². The van der Waals surface area contributed by atoms with Crippen LogP contribution in [0.4, 0.5) is 0 Å². The molecule has 1 unspecified atom stereocenters. The van der Waals surface area contributed by atoms with Gasteiger partial charge in [0.05, 0.1) is 13.2 Å². The molecule has 0 heterocycles. The van der Waals surface area contributed by atoms with Gasteiger partial charge in [0.2, 0.25) is 0 Å². The monoisotopic (exact) mass is 832 g/mol. The van der Waals surface area contributed by atoms with Crippen molar-refractivity contribution in [2.24, 2.45) is 5.73 Å². The lowest BCUT2D eigenvalue weighted by Gasteiger charge is -2.20. The molecule has 0 aromatic rings. The third-order valence-electron chi connectivity index (χ3n) is 8.32. The van der Waals surface area contributed by atoms with Crippen LogP contribution in [0.15, 0.2) is 97.2 Å². The highest BCUT2D eigenvalue weighted by atomic mass is 31.2. The normalized spacial score (nSPS) is 14.7. The van der Waals surface area contributed by atoms with Gasteiger partial charge in [-0.15, -0.1) is 0 Å². The molecule has 11 nitrogen and oxygen atoms in total. The molecule has 0 aliphatic carbocycles. The molecule has 0 fully saturated rings. The first-order valence-electron chi connectivity index (χ1n) is 21.3. The molecule has 0 radical (unpaired) electrons. The van der Waals surface area contributed by atoms with E-state index in [1.807, 2.05) is 0 Å². The molecule has 0 aromatic carbocycles. The summed E-state index contributed by atoms with van der Waals surface area (Å²) in [4.78, 5) is 45.9. The molecule has 0 bridgehead atoms. The number of unbranched alkanes of at least 4 members (excludes halogenated alkanes) is 8. The summed E-state index contributed by atoms with van der Waals surface area (Å²) < 4.78 is 32.6. The molecular formula is C46H74NO10P. The Balaban J connectivity index is 4.52. The summed E-state index contributed by atoms with van der Waals surface area (Å²) in [7, 11) is -4.74. The Morgan fingerprint density at radius 2 is 0.966 bits per heavy atom. The van der Waals surface area contributed by atoms with Crippen molar-refractivity contribution in [1.29, 1.82) is 0 Å². The fourth-order valence-electron chi connectivity index (χ4n) is 4.98. The van der Waals surface area contributed by atoms with Crippen LogP contribution in [0.3, 0.4) is 0 Å². The second kappa shape index (κ2) is 40.2. The van der Waals surface area contributed by atoms with Crippen LogP contribution >= 0.6 is 7.82 Å². The van der Waals surface area contributed by atoms with Crippen LogP contribution in [0.2, 0.25) is 0 Å². The van der Waals surface area contributed by atoms with Gasteiger partial charge in [-0.2, -0.15) is 0 Å². The largest absolute Gasteiger partial charge is 0.480 e. The number of hydrogen-bond donors (Lipinski definition) is 3. The van der Waals surface area contributed by atoms with E-state index in [-0.39, 0.29) is 19.4 Å². The number of carbonyl (C=O) groups is 3. The number of ether oxygens (including phenoxy) is 2. The number of allylic oxidation sites excluding steroid dienone is 16. The maximum atomic E-state index is 12.6. The molecule has 0 spiro atoms. The maximum Gasteiger partial charge on any atom is 0.472 e. The number of rotatable bonds is 38. The van der Waals surface area contributed by atoms with Gasteiger partial charge in [0.15, 0.2) is 6.10 Å². The second-order valence-corrected chi connectivity index (χ2v) is 15.2. The van der Waals surface area contributed by atoms with Gasteiger partial charge in [0.25, 0.3) is 0 Å². The van der Waals surface area contributed by atoms with Crippen molar-refractivity contribution in [1.82, 2.24) is 0 Å².